The van der Waals surface area contributed by atoms with Gasteiger partial charge in [0, 0.05) is 9.13 Å². The molecule has 0 bridgehead atoms. The highest BCUT2D eigenvalue weighted by Crippen LogP contribution is 2.34. The molecule has 23 heavy (non-hydrogen) atoms. The van der Waals surface area contributed by atoms with Crippen molar-refractivity contribution in [1.82, 2.24) is 15.2 Å². The van der Waals surface area contributed by atoms with E-state index in [9.17, 15) is 4.79 Å². The summed E-state index contributed by atoms with van der Waals surface area (Å²) in [5, 5.41) is 7.86. The molecule has 0 saturated carbocycles. The van der Waals surface area contributed by atoms with E-state index in [1.807, 2.05) is 6.92 Å². The van der Waals surface area contributed by atoms with Crippen LogP contribution in [0.15, 0.2) is 30.3 Å². The molecule has 2 heterocycles. The van der Waals surface area contributed by atoms with E-state index in [1.54, 1.807) is 24.3 Å². The lowest BCUT2D eigenvalue weighted by Gasteiger charge is -1.95. The fraction of sp³-hybridized carbons (Fsp3) is 0.188. The molecule has 3 rings (SSSR count). The predicted molar refractivity (Wildman–Crippen MR) is 98.5 cm³/mol. The van der Waals surface area contributed by atoms with Crippen LogP contribution in [0.25, 0.3) is 21.1 Å². The van der Waals surface area contributed by atoms with Crippen molar-refractivity contribution in [2.45, 2.75) is 13.8 Å². The molecule has 0 radical (unpaired) electrons. The topological polar surface area (TPSA) is 67.9 Å². The highest BCUT2D eigenvalue weighted by molar-refractivity contribution is 14.1. The number of H-pyrrole nitrogens is 1. The van der Waals surface area contributed by atoms with Gasteiger partial charge in [-0.05, 0) is 54.6 Å². The molecule has 0 aliphatic heterocycles. The monoisotopic (exact) mass is 439 g/mol. The van der Waals surface area contributed by atoms with Crippen LogP contribution in [0.1, 0.15) is 23.1 Å². The van der Waals surface area contributed by atoms with Crippen LogP contribution in [0.4, 0.5) is 0 Å². The van der Waals surface area contributed by atoms with E-state index < -0.39 is 5.97 Å². The Morgan fingerprint density at radius 1 is 1.35 bits per heavy atom. The number of carbonyl (C=O) groups is 1. The van der Waals surface area contributed by atoms with Gasteiger partial charge in [0.25, 0.3) is 0 Å². The number of hydrogen-bond donors (Lipinski definition) is 1. The van der Waals surface area contributed by atoms with Crippen LogP contribution in [0.5, 0.6) is 0 Å². The highest BCUT2D eigenvalue weighted by Gasteiger charge is 2.16. The highest BCUT2D eigenvalue weighted by atomic mass is 127. The van der Waals surface area contributed by atoms with Gasteiger partial charge in [-0.3, -0.25) is 5.10 Å². The maximum Gasteiger partial charge on any atom is 0.358 e. The molecule has 118 valence electrons. The van der Waals surface area contributed by atoms with Gasteiger partial charge in [-0.2, -0.15) is 5.10 Å². The van der Waals surface area contributed by atoms with Crippen LogP contribution in [-0.2, 0) is 4.74 Å². The van der Waals surface area contributed by atoms with Crippen molar-refractivity contribution >= 4 is 39.9 Å². The molecule has 1 aromatic carbocycles. The summed E-state index contributed by atoms with van der Waals surface area (Å²) in [5.41, 5.74) is 3.04. The second-order valence-corrected chi connectivity index (χ2v) is 7.07. The molecule has 5 nitrogen and oxygen atoms in total. The third-order valence-electron chi connectivity index (χ3n) is 3.19. The standard InChI is InChI=1S/C16H14IN3O2S/c1-3-22-16(21)13-8-12(19-20-13)14-9(2)18-15(23-14)10-4-6-11(17)7-5-10/h4-8H,3H2,1-2H3,(H,19,20). The van der Waals surface area contributed by atoms with Gasteiger partial charge in [0.1, 0.15) is 5.01 Å². The summed E-state index contributed by atoms with van der Waals surface area (Å²) in [6.45, 7) is 4.05. The minimum atomic E-state index is -0.421. The Morgan fingerprint density at radius 3 is 2.78 bits per heavy atom. The van der Waals surface area contributed by atoms with Crippen LogP contribution < -0.4 is 0 Å². The van der Waals surface area contributed by atoms with Crippen LogP contribution in [-0.4, -0.2) is 27.8 Å². The first-order chi connectivity index (χ1) is 11.1. The second kappa shape index (κ2) is 6.79. The Kier molecular flexibility index (Phi) is 4.76. The first-order valence-corrected chi connectivity index (χ1v) is 8.94. The molecule has 3 aromatic rings. The Labute approximate surface area is 151 Å². The number of carbonyl (C=O) groups excluding carboxylic acids is 1. The number of ether oxygens (including phenoxy) is 1. The smallest absolute Gasteiger partial charge is 0.358 e. The van der Waals surface area contributed by atoms with Gasteiger partial charge in [-0.15, -0.1) is 11.3 Å². The van der Waals surface area contributed by atoms with Crippen LogP contribution in [0.3, 0.4) is 0 Å². The lowest BCUT2D eigenvalue weighted by atomic mass is 10.2. The van der Waals surface area contributed by atoms with Gasteiger partial charge in [0.15, 0.2) is 5.69 Å². The van der Waals surface area contributed by atoms with Gasteiger partial charge in [-0.25, -0.2) is 9.78 Å². The second-order valence-electron chi connectivity index (χ2n) is 4.83. The summed E-state index contributed by atoms with van der Waals surface area (Å²) in [6, 6.07) is 9.93. The van der Waals surface area contributed by atoms with Crippen molar-refractivity contribution in [2.24, 2.45) is 0 Å². The molecule has 0 saturated heterocycles. The molecular formula is C16H14IN3O2S. The zero-order valence-electron chi connectivity index (χ0n) is 12.6. The van der Waals surface area contributed by atoms with Gasteiger partial charge in [0.2, 0.25) is 0 Å². The Hall–Kier alpha value is -1.74. The number of halogens is 1. The number of aromatic amines is 1. The van der Waals surface area contributed by atoms with Crippen molar-refractivity contribution in [3.8, 4) is 21.1 Å². The number of nitrogens with one attached hydrogen (secondary N) is 1. The third-order valence-corrected chi connectivity index (χ3v) is 5.15. The maximum absolute atomic E-state index is 11.7. The summed E-state index contributed by atoms with van der Waals surface area (Å²) >= 11 is 3.85. The molecule has 0 unspecified atom stereocenters. The van der Waals surface area contributed by atoms with Crippen molar-refractivity contribution in [1.29, 1.82) is 0 Å². The summed E-state index contributed by atoms with van der Waals surface area (Å²) in [6.07, 6.45) is 0. The molecule has 0 spiro atoms. The summed E-state index contributed by atoms with van der Waals surface area (Å²) in [4.78, 5) is 17.3. The lowest BCUT2D eigenvalue weighted by molar-refractivity contribution is 0.0519. The molecule has 7 heteroatoms. The quantitative estimate of drug-likeness (QED) is 0.487. The van der Waals surface area contributed by atoms with Gasteiger partial charge < -0.3 is 4.74 Å². The van der Waals surface area contributed by atoms with E-state index in [0.29, 0.717) is 6.61 Å². The number of esters is 1. The fourth-order valence-corrected chi connectivity index (χ4v) is 3.51. The van der Waals surface area contributed by atoms with E-state index in [2.05, 4.69) is 62.0 Å². The van der Waals surface area contributed by atoms with E-state index in [0.717, 1.165) is 26.8 Å². The molecule has 0 fully saturated rings. The first-order valence-electron chi connectivity index (χ1n) is 7.04. The molecule has 0 amide bonds. The predicted octanol–water partition coefficient (Wildman–Crippen LogP) is 4.29. The molecule has 0 aliphatic rings. The van der Waals surface area contributed by atoms with E-state index in [4.69, 9.17) is 4.74 Å². The number of hydrogen-bond acceptors (Lipinski definition) is 5. The fourth-order valence-electron chi connectivity index (χ4n) is 2.11. The van der Waals surface area contributed by atoms with Crippen molar-refractivity contribution < 1.29 is 9.53 Å². The van der Waals surface area contributed by atoms with Crippen molar-refractivity contribution in [3.05, 3.63) is 45.3 Å². The van der Waals surface area contributed by atoms with Gasteiger partial charge >= 0.3 is 5.97 Å². The molecule has 2 aromatic heterocycles. The third kappa shape index (κ3) is 3.45. The van der Waals surface area contributed by atoms with Crippen LogP contribution in [0.2, 0.25) is 0 Å². The molecule has 1 N–H and O–H groups in total. The average molecular weight is 439 g/mol. The van der Waals surface area contributed by atoms with Gasteiger partial charge in [-0.1, -0.05) is 12.1 Å². The summed E-state index contributed by atoms with van der Waals surface area (Å²) in [7, 11) is 0. The Morgan fingerprint density at radius 2 is 2.09 bits per heavy atom. The molecule has 0 aliphatic carbocycles. The summed E-state index contributed by atoms with van der Waals surface area (Å²) in [5.74, 6) is -0.421. The Balaban J connectivity index is 1.92. The van der Waals surface area contributed by atoms with E-state index >= 15 is 0 Å². The number of benzene rings is 1. The summed E-state index contributed by atoms with van der Waals surface area (Å²) < 4.78 is 6.15. The molecule has 0 atom stereocenters. The molecular weight excluding hydrogens is 425 g/mol. The van der Waals surface area contributed by atoms with Crippen molar-refractivity contribution in [2.75, 3.05) is 6.61 Å². The zero-order valence-corrected chi connectivity index (χ0v) is 15.6. The number of aromatic nitrogens is 3. The number of thiazole rings is 1. The van der Waals surface area contributed by atoms with Gasteiger partial charge in [0.05, 0.1) is 22.9 Å². The minimum Gasteiger partial charge on any atom is -0.461 e. The lowest BCUT2D eigenvalue weighted by Crippen LogP contribution is -2.04. The number of aryl methyl sites for hydroxylation is 1. The zero-order chi connectivity index (χ0) is 16.4. The van der Waals surface area contributed by atoms with E-state index in [-0.39, 0.29) is 5.69 Å². The van der Waals surface area contributed by atoms with Crippen LogP contribution >= 0.6 is 33.9 Å². The van der Waals surface area contributed by atoms with Crippen LogP contribution in [0, 0.1) is 10.5 Å². The normalized spacial score (nSPS) is 10.7. The SMILES string of the molecule is CCOC(=O)c1cc(-c2sc(-c3ccc(I)cc3)nc2C)[nH]n1. The van der Waals surface area contributed by atoms with E-state index in [1.165, 1.54) is 3.57 Å². The first kappa shape index (κ1) is 16.1. The minimum absolute atomic E-state index is 0.283. The number of rotatable bonds is 4. The van der Waals surface area contributed by atoms with Crippen molar-refractivity contribution in [3.63, 3.8) is 0 Å². The Bertz CT molecular complexity index is 839. The average Bonchev–Trinajstić information content (AvgIpc) is 3.15. The number of nitrogens with zero attached hydrogens (tertiary/aromatic N) is 2. The maximum atomic E-state index is 11.7. The largest absolute Gasteiger partial charge is 0.461 e.